The van der Waals surface area contributed by atoms with E-state index in [0.717, 1.165) is 11.1 Å². The molecule has 0 fully saturated rings. The summed E-state index contributed by atoms with van der Waals surface area (Å²) in [4.78, 5) is 0. The molecule has 0 saturated carbocycles. The molecule has 0 radical (unpaired) electrons. The molecular weight excluding hydrogens is 174 g/mol. The van der Waals surface area contributed by atoms with Crippen molar-refractivity contribution in [3.8, 4) is 0 Å². The average Bonchev–Trinajstić information content (AvgIpc) is 2.08. The van der Waals surface area contributed by atoms with Gasteiger partial charge in [0.1, 0.15) is 0 Å². The Morgan fingerprint density at radius 1 is 1.58 bits per heavy atom. The van der Waals surface area contributed by atoms with Gasteiger partial charge in [-0.1, -0.05) is 29.8 Å². The predicted octanol–water partition coefficient (Wildman–Crippen LogP) is 1.64. The summed E-state index contributed by atoms with van der Waals surface area (Å²) >= 11 is 5.98. The smallest absolute Gasteiger partial charge is 0.0624 e. The molecule has 1 aromatic carbocycles. The summed E-state index contributed by atoms with van der Waals surface area (Å²) in [7, 11) is 0. The van der Waals surface area contributed by atoms with Crippen LogP contribution < -0.4 is 5.73 Å². The molecule has 2 nitrogen and oxygen atoms in total. The molecule has 0 amide bonds. The van der Waals surface area contributed by atoms with Gasteiger partial charge in [-0.25, -0.2) is 0 Å². The van der Waals surface area contributed by atoms with E-state index in [9.17, 15) is 0 Å². The molecule has 66 valence electrons. The van der Waals surface area contributed by atoms with E-state index >= 15 is 0 Å². The summed E-state index contributed by atoms with van der Waals surface area (Å²) in [6.45, 7) is 1.83. The van der Waals surface area contributed by atoms with Gasteiger partial charge in [0.05, 0.1) is 12.6 Å². The van der Waals surface area contributed by atoms with Gasteiger partial charge in [-0.15, -0.1) is 0 Å². The predicted molar refractivity (Wildman–Crippen MR) is 50.2 cm³/mol. The summed E-state index contributed by atoms with van der Waals surface area (Å²) in [6, 6.07) is 5.25. The number of hydrogen-bond acceptors (Lipinski definition) is 2. The summed E-state index contributed by atoms with van der Waals surface area (Å²) in [5.41, 5.74) is 7.42. The van der Waals surface area contributed by atoms with E-state index in [0.29, 0.717) is 5.02 Å². The van der Waals surface area contributed by atoms with E-state index in [2.05, 4.69) is 0 Å². The molecule has 0 bridgehead atoms. The summed E-state index contributed by atoms with van der Waals surface area (Å²) in [5.74, 6) is 0. The van der Waals surface area contributed by atoms with Crippen LogP contribution in [-0.4, -0.2) is 11.7 Å². The minimum atomic E-state index is -0.377. The van der Waals surface area contributed by atoms with E-state index in [1.807, 2.05) is 25.1 Å². The molecule has 3 N–H and O–H groups in total. The molecule has 0 heterocycles. The third-order valence-corrected chi connectivity index (χ3v) is 2.33. The van der Waals surface area contributed by atoms with Crippen molar-refractivity contribution in [3.05, 3.63) is 34.3 Å². The Labute approximate surface area is 77.0 Å². The van der Waals surface area contributed by atoms with Crippen molar-refractivity contribution in [2.45, 2.75) is 13.0 Å². The molecular formula is C9H12ClNO. The SMILES string of the molecule is Cc1cccc([C@@H](N)CO)c1Cl. The topological polar surface area (TPSA) is 46.2 Å². The molecule has 0 aliphatic rings. The van der Waals surface area contributed by atoms with Gasteiger partial charge in [-0.3, -0.25) is 0 Å². The first kappa shape index (κ1) is 9.52. The van der Waals surface area contributed by atoms with Gasteiger partial charge in [-0.05, 0) is 18.1 Å². The van der Waals surface area contributed by atoms with Gasteiger partial charge in [0, 0.05) is 5.02 Å². The third-order valence-electron chi connectivity index (χ3n) is 1.82. The highest BCUT2D eigenvalue weighted by atomic mass is 35.5. The van der Waals surface area contributed by atoms with E-state index in [1.54, 1.807) is 0 Å². The summed E-state index contributed by atoms with van der Waals surface area (Å²) in [6.07, 6.45) is 0. The van der Waals surface area contributed by atoms with Crippen LogP contribution in [0, 0.1) is 6.92 Å². The number of aliphatic hydroxyl groups is 1. The second-order valence-corrected chi connectivity index (χ2v) is 3.15. The molecule has 0 spiro atoms. The van der Waals surface area contributed by atoms with Crippen molar-refractivity contribution in [2.75, 3.05) is 6.61 Å². The first-order valence-electron chi connectivity index (χ1n) is 3.78. The van der Waals surface area contributed by atoms with Crippen molar-refractivity contribution in [1.29, 1.82) is 0 Å². The third kappa shape index (κ3) is 1.78. The normalized spacial score (nSPS) is 13.0. The number of hydrogen-bond donors (Lipinski definition) is 2. The molecule has 0 aliphatic heterocycles. The number of nitrogens with two attached hydrogens (primary N) is 1. The maximum atomic E-state index is 8.82. The Kier molecular flexibility index (Phi) is 3.09. The zero-order chi connectivity index (χ0) is 9.14. The van der Waals surface area contributed by atoms with Crippen LogP contribution in [0.4, 0.5) is 0 Å². The number of aliphatic hydroxyl groups excluding tert-OH is 1. The van der Waals surface area contributed by atoms with E-state index in [-0.39, 0.29) is 12.6 Å². The Balaban J connectivity index is 3.07. The molecule has 1 atom stereocenters. The first-order valence-corrected chi connectivity index (χ1v) is 4.16. The van der Waals surface area contributed by atoms with Gasteiger partial charge in [0.25, 0.3) is 0 Å². The maximum absolute atomic E-state index is 8.82. The van der Waals surface area contributed by atoms with E-state index in [4.69, 9.17) is 22.4 Å². The highest BCUT2D eigenvalue weighted by Crippen LogP contribution is 2.24. The second-order valence-electron chi connectivity index (χ2n) is 2.77. The van der Waals surface area contributed by atoms with Crippen LogP contribution in [0.15, 0.2) is 18.2 Å². The first-order chi connectivity index (χ1) is 5.66. The van der Waals surface area contributed by atoms with Crippen molar-refractivity contribution >= 4 is 11.6 Å². The Hall–Kier alpha value is -0.570. The number of aryl methyl sites for hydroxylation is 1. The lowest BCUT2D eigenvalue weighted by Gasteiger charge is -2.11. The second kappa shape index (κ2) is 3.90. The van der Waals surface area contributed by atoms with Crippen molar-refractivity contribution in [1.82, 2.24) is 0 Å². The fraction of sp³-hybridized carbons (Fsp3) is 0.333. The number of rotatable bonds is 2. The van der Waals surface area contributed by atoms with Gasteiger partial charge < -0.3 is 10.8 Å². The molecule has 1 rings (SSSR count). The van der Waals surface area contributed by atoms with Gasteiger partial charge >= 0.3 is 0 Å². The molecule has 0 unspecified atom stereocenters. The average molecular weight is 186 g/mol. The van der Waals surface area contributed by atoms with E-state index < -0.39 is 0 Å². The maximum Gasteiger partial charge on any atom is 0.0624 e. The molecule has 0 aliphatic carbocycles. The number of halogens is 1. The molecule has 0 aromatic heterocycles. The molecule has 3 heteroatoms. The van der Waals surface area contributed by atoms with Crippen LogP contribution >= 0.6 is 11.6 Å². The standard InChI is InChI=1S/C9H12ClNO/c1-6-3-2-4-7(9(6)10)8(11)5-12/h2-4,8,12H,5,11H2,1H3/t8-/m0/s1. The lowest BCUT2D eigenvalue weighted by molar-refractivity contribution is 0.268. The van der Waals surface area contributed by atoms with Crippen molar-refractivity contribution < 1.29 is 5.11 Å². The van der Waals surface area contributed by atoms with Crippen LogP contribution in [0.3, 0.4) is 0 Å². The fourth-order valence-electron chi connectivity index (χ4n) is 1.05. The van der Waals surface area contributed by atoms with Crippen LogP contribution in [0.2, 0.25) is 5.02 Å². The lowest BCUT2D eigenvalue weighted by atomic mass is 10.1. The largest absolute Gasteiger partial charge is 0.394 e. The minimum absolute atomic E-state index is 0.0802. The highest BCUT2D eigenvalue weighted by molar-refractivity contribution is 6.32. The van der Waals surface area contributed by atoms with Gasteiger partial charge in [0.2, 0.25) is 0 Å². The zero-order valence-electron chi connectivity index (χ0n) is 6.92. The summed E-state index contributed by atoms with van der Waals surface area (Å²) in [5, 5.41) is 9.47. The Morgan fingerprint density at radius 2 is 2.25 bits per heavy atom. The Morgan fingerprint density at radius 3 is 2.83 bits per heavy atom. The van der Waals surface area contributed by atoms with Crippen molar-refractivity contribution in [3.63, 3.8) is 0 Å². The quantitative estimate of drug-likeness (QED) is 0.736. The summed E-state index contributed by atoms with van der Waals surface area (Å²) < 4.78 is 0. The van der Waals surface area contributed by atoms with Crippen LogP contribution in [0.25, 0.3) is 0 Å². The van der Waals surface area contributed by atoms with Crippen LogP contribution in [0.1, 0.15) is 17.2 Å². The number of benzene rings is 1. The van der Waals surface area contributed by atoms with E-state index in [1.165, 1.54) is 0 Å². The van der Waals surface area contributed by atoms with Crippen molar-refractivity contribution in [2.24, 2.45) is 5.73 Å². The Bertz CT molecular complexity index is 275. The zero-order valence-corrected chi connectivity index (χ0v) is 7.67. The molecule has 0 saturated heterocycles. The van der Waals surface area contributed by atoms with Crippen LogP contribution in [0.5, 0.6) is 0 Å². The minimum Gasteiger partial charge on any atom is -0.394 e. The molecule has 12 heavy (non-hydrogen) atoms. The van der Waals surface area contributed by atoms with Crippen LogP contribution in [-0.2, 0) is 0 Å². The van der Waals surface area contributed by atoms with Gasteiger partial charge in [0.15, 0.2) is 0 Å². The monoisotopic (exact) mass is 185 g/mol. The highest BCUT2D eigenvalue weighted by Gasteiger charge is 2.09. The fourth-order valence-corrected chi connectivity index (χ4v) is 1.32. The van der Waals surface area contributed by atoms with Gasteiger partial charge in [-0.2, -0.15) is 0 Å². The molecule has 1 aromatic rings. The lowest BCUT2D eigenvalue weighted by Crippen LogP contribution is -2.15.